The minimum absolute atomic E-state index is 0.522. The summed E-state index contributed by atoms with van der Waals surface area (Å²) < 4.78 is 0. The fourth-order valence-electron chi connectivity index (χ4n) is 2.16. The van der Waals surface area contributed by atoms with Gasteiger partial charge >= 0.3 is 0 Å². The highest BCUT2D eigenvalue weighted by atomic mass is 35.5. The van der Waals surface area contributed by atoms with Gasteiger partial charge < -0.3 is 4.90 Å². The van der Waals surface area contributed by atoms with E-state index in [2.05, 4.69) is 6.07 Å². The predicted octanol–water partition coefficient (Wildman–Crippen LogP) is 3.69. The lowest BCUT2D eigenvalue weighted by Gasteiger charge is -2.19. The van der Waals surface area contributed by atoms with E-state index in [1.54, 1.807) is 0 Å². The average molecular weight is 243 g/mol. The zero-order valence-electron chi connectivity index (χ0n) is 9.15. The fourth-order valence-corrected chi connectivity index (χ4v) is 2.40. The molecule has 84 valence electrons. The molecule has 0 aliphatic carbocycles. The van der Waals surface area contributed by atoms with E-state index in [9.17, 15) is 0 Å². The van der Waals surface area contributed by atoms with Crippen molar-refractivity contribution in [1.29, 1.82) is 5.41 Å². The third-order valence-electron chi connectivity index (χ3n) is 3.01. The van der Waals surface area contributed by atoms with Crippen LogP contribution in [0.1, 0.15) is 11.1 Å². The maximum absolute atomic E-state index is 8.19. The molecular weight excluding hydrogens is 232 g/mol. The number of para-hydroxylation sites is 1. The van der Waals surface area contributed by atoms with Crippen molar-refractivity contribution in [2.75, 3.05) is 4.90 Å². The largest absolute Gasteiger partial charge is 0.320 e. The molecule has 1 heterocycles. The van der Waals surface area contributed by atoms with Gasteiger partial charge in [0.25, 0.3) is 0 Å². The van der Waals surface area contributed by atoms with Gasteiger partial charge in [0.1, 0.15) is 5.84 Å². The Bertz CT molecular complexity index is 592. The first kappa shape index (κ1) is 10.4. The molecule has 0 unspecified atom stereocenters. The van der Waals surface area contributed by atoms with E-state index < -0.39 is 0 Å². The number of benzene rings is 2. The molecule has 0 saturated carbocycles. The number of rotatable bonds is 1. The van der Waals surface area contributed by atoms with Crippen LogP contribution in [0.2, 0.25) is 5.02 Å². The van der Waals surface area contributed by atoms with Crippen LogP contribution in [0, 0.1) is 5.41 Å². The highest BCUT2D eigenvalue weighted by molar-refractivity contribution is 6.34. The number of nitrogens with zero attached hydrogens (tertiary/aromatic N) is 1. The van der Waals surface area contributed by atoms with Gasteiger partial charge in [0.05, 0.1) is 17.3 Å². The van der Waals surface area contributed by atoms with Crippen LogP contribution >= 0.6 is 11.6 Å². The molecule has 0 aromatic heterocycles. The van der Waals surface area contributed by atoms with Gasteiger partial charge in [-0.3, -0.25) is 5.41 Å². The van der Waals surface area contributed by atoms with Crippen molar-refractivity contribution in [1.82, 2.24) is 0 Å². The van der Waals surface area contributed by atoms with E-state index in [-0.39, 0.29) is 0 Å². The molecule has 0 amide bonds. The molecule has 1 aliphatic heterocycles. The van der Waals surface area contributed by atoms with E-state index in [1.165, 1.54) is 5.56 Å². The molecule has 17 heavy (non-hydrogen) atoms. The second kappa shape index (κ2) is 3.90. The molecular formula is C14H11ClN2. The Hall–Kier alpha value is -1.80. The van der Waals surface area contributed by atoms with E-state index in [0.29, 0.717) is 10.9 Å². The highest BCUT2D eigenvalue weighted by Crippen LogP contribution is 2.32. The lowest BCUT2D eigenvalue weighted by atomic mass is 10.1. The first-order chi connectivity index (χ1) is 8.27. The molecule has 0 radical (unpaired) electrons. The van der Waals surface area contributed by atoms with E-state index in [1.807, 2.05) is 47.4 Å². The van der Waals surface area contributed by atoms with Crippen LogP contribution in [0.4, 0.5) is 5.69 Å². The smallest absolute Gasteiger partial charge is 0.133 e. The van der Waals surface area contributed by atoms with Crippen molar-refractivity contribution >= 4 is 23.1 Å². The van der Waals surface area contributed by atoms with Crippen LogP contribution < -0.4 is 4.90 Å². The molecule has 2 aromatic rings. The Morgan fingerprint density at radius 1 is 1.00 bits per heavy atom. The van der Waals surface area contributed by atoms with Crippen LogP contribution in [-0.4, -0.2) is 5.84 Å². The molecule has 0 bridgehead atoms. The summed E-state index contributed by atoms with van der Waals surface area (Å²) in [5.41, 5.74) is 3.07. The molecule has 1 N–H and O–H groups in total. The summed E-state index contributed by atoms with van der Waals surface area (Å²) in [6.45, 7) is 0.721. The van der Waals surface area contributed by atoms with Gasteiger partial charge in [-0.05, 0) is 17.7 Å². The van der Waals surface area contributed by atoms with Gasteiger partial charge in [-0.15, -0.1) is 0 Å². The Morgan fingerprint density at radius 2 is 1.71 bits per heavy atom. The summed E-state index contributed by atoms with van der Waals surface area (Å²) in [5.74, 6) is 0.522. The number of fused-ring (bicyclic) bond motifs is 1. The zero-order valence-corrected chi connectivity index (χ0v) is 9.91. The van der Waals surface area contributed by atoms with Crippen molar-refractivity contribution < 1.29 is 0 Å². The van der Waals surface area contributed by atoms with E-state index in [0.717, 1.165) is 17.8 Å². The van der Waals surface area contributed by atoms with Crippen LogP contribution in [-0.2, 0) is 6.54 Å². The zero-order chi connectivity index (χ0) is 11.8. The Kier molecular flexibility index (Phi) is 2.37. The third kappa shape index (κ3) is 1.61. The quantitative estimate of drug-likeness (QED) is 0.811. The van der Waals surface area contributed by atoms with Gasteiger partial charge in [-0.2, -0.15) is 0 Å². The fraction of sp³-hybridized carbons (Fsp3) is 0.0714. The van der Waals surface area contributed by atoms with Gasteiger partial charge in [-0.1, -0.05) is 48.0 Å². The van der Waals surface area contributed by atoms with Crippen LogP contribution in [0.15, 0.2) is 48.5 Å². The Balaban J connectivity index is 2.05. The lowest BCUT2D eigenvalue weighted by Crippen LogP contribution is -2.23. The number of amidine groups is 1. The standard InChI is InChI=1S/C14H11ClN2/c15-12-7-3-4-8-13(12)17-9-10-5-1-2-6-11(10)14(17)16/h1-8,16H,9H2. The second-order valence-electron chi connectivity index (χ2n) is 4.04. The number of hydrogen-bond donors (Lipinski definition) is 1. The molecule has 0 atom stereocenters. The van der Waals surface area contributed by atoms with Crippen molar-refractivity contribution in [2.24, 2.45) is 0 Å². The minimum Gasteiger partial charge on any atom is -0.320 e. The minimum atomic E-state index is 0.522. The maximum atomic E-state index is 8.19. The Labute approximate surface area is 105 Å². The number of hydrogen-bond acceptors (Lipinski definition) is 1. The summed E-state index contributed by atoms with van der Waals surface area (Å²) >= 11 is 6.17. The van der Waals surface area contributed by atoms with Crippen LogP contribution in [0.3, 0.4) is 0 Å². The van der Waals surface area contributed by atoms with E-state index in [4.69, 9.17) is 17.0 Å². The second-order valence-corrected chi connectivity index (χ2v) is 4.45. The molecule has 3 heteroatoms. The Morgan fingerprint density at radius 3 is 2.47 bits per heavy atom. The SMILES string of the molecule is N=C1c2ccccc2CN1c1ccccc1Cl. The van der Waals surface area contributed by atoms with Gasteiger partial charge in [0.15, 0.2) is 0 Å². The molecule has 0 fully saturated rings. The first-order valence-corrected chi connectivity index (χ1v) is 5.84. The lowest BCUT2D eigenvalue weighted by molar-refractivity contribution is 1.05. The van der Waals surface area contributed by atoms with Gasteiger partial charge in [0, 0.05) is 5.56 Å². The average Bonchev–Trinajstić information content (AvgIpc) is 2.68. The first-order valence-electron chi connectivity index (χ1n) is 5.46. The summed E-state index contributed by atoms with van der Waals surface area (Å²) in [7, 11) is 0. The predicted molar refractivity (Wildman–Crippen MR) is 70.9 cm³/mol. The number of nitrogens with one attached hydrogen (secondary N) is 1. The summed E-state index contributed by atoms with van der Waals surface area (Å²) in [5, 5.41) is 8.87. The molecule has 0 saturated heterocycles. The molecule has 1 aliphatic rings. The molecule has 3 rings (SSSR count). The third-order valence-corrected chi connectivity index (χ3v) is 3.33. The number of anilines is 1. The van der Waals surface area contributed by atoms with Gasteiger partial charge in [0.2, 0.25) is 0 Å². The summed E-state index contributed by atoms with van der Waals surface area (Å²) in [4.78, 5) is 1.94. The maximum Gasteiger partial charge on any atom is 0.133 e. The van der Waals surface area contributed by atoms with Gasteiger partial charge in [-0.25, -0.2) is 0 Å². The molecule has 2 aromatic carbocycles. The molecule has 2 nitrogen and oxygen atoms in total. The van der Waals surface area contributed by atoms with Crippen molar-refractivity contribution in [3.63, 3.8) is 0 Å². The molecule has 0 spiro atoms. The van der Waals surface area contributed by atoms with Crippen molar-refractivity contribution in [2.45, 2.75) is 6.54 Å². The number of halogens is 1. The summed E-state index contributed by atoms with van der Waals surface area (Å²) in [6, 6.07) is 15.6. The normalized spacial score (nSPS) is 13.9. The van der Waals surface area contributed by atoms with Crippen LogP contribution in [0.5, 0.6) is 0 Å². The van der Waals surface area contributed by atoms with Crippen LogP contribution in [0.25, 0.3) is 0 Å². The topological polar surface area (TPSA) is 27.1 Å². The highest BCUT2D eigenvalue weighted by Gasteiger charge is 2.25. The van der Waals surface area contributed by atoms with Crippen molar-refractivity contribution in [3.8, 4) is 0 Å². The monoisotopic (exact) mass is 242 g/mol. The summed E-state index contributed by atoms with van der Waals surface area (Å²) in [6.07, 6.45) is 0. The van der Waals surface area contributed by atoms with Crippen molar-refractivity contribution in [3.05, 3.63) is 64.7 Å². The van der Waals surface area contributed by atoms with E-state index >= 15 is 0 Å².